The van der Waals surface area contributed by atoms with Crippen LogP contribution in [-0.2, 0) is 0 Å². The van der Waals surface area contributed by atoms with E-state index in [4.69, 9.17) is 0 Å². The van der Waals surface area contributed by atoms with Crippen molar-refractivity contribution < 1.29 is 37.7 Å². The second kappa shape index (κ2) is 20.0. The Bertz CT molecular complexity index is 147. The molecule has 0 rings (SSSR count). The van der Waals surface area contributed by atoms with E-state index in [-0.39, 0.29) is 37.7 Å². The Morgan fingerprint density at radius 1 is 0.650 bits per heavy atom. The van der Waals surface area contributed by atoms with Gasteiger partial charge < -0.3 is 20.4 Å². The molecule has 0 radical (unpaired) electrons. The smallest absolute Gasteiger partial charge is 0.661 e. The number of hydrogen-bond donors (Lipinski definition) is 0. The summed E-state index contributed by atoms with van der Waals surface area (Å²) in [6, 6.07) is 0.921. The van der Waals surface area contributed by atoms with Gasteiger partial charge in [-0.3, -0.25) is 0 Å². The van der Waals surface area contributed by atoms with Crippen LogP contribution in [0.3, 0.4) is 0 Å². The first-order valence-corrected chi connectivity index (χ1v) is 6.88. The van der Waals surface area contributed by atoms with Crippen LogP contribution < -0.4 is 37.7 Å². The molecule has 0 aliphatic carbocycles. The molecular weight excluding hydrogens is 238 g/mol. The molecule has 0 aromatic heterocycles. The summed E-state index contributed by atoms with van der Waals surface area (Å²) < 4.78 is 0. The molecule has 0 saturated heterocycles. The van der Waals surface area contributed by atoms with E-state index in [0.29, 0.717) is 12.1 Å². The maximum Gasteiger partial charge on any atom is 1.00 e. The van der Waals surface area contributed by atoms with E-state index in [0.717, 1.165) is 26.2 Å². The molecule has 0 saturated carbocycles. The van der Waals surface area contributed by atoms with Crippen molar-refractivity contribution in [1.82, 2.24) is 9.80 Å². The fourth-order valence-corrected chi connectivity index (χ4v) is 1.03. The molecule has 20 heavy (non-hydrogen) atoms. The predicted molar refractivity (Wildman–Crippen MR) is 83.8 cm³/mol. The zero-order chi connectivity index (χ0) is 14.6. The average Bonchev–Trinajstić information content (AvgIpc) is 2.22. The third-order valence-electron chi connectivity index (χ3n) is 2.08. The molecule has 0 fully saturated rings. The van der Waals surface area contributed by atoms with E-state index in [9.17, 15) is 0 Å². The van der Waals surface area contributed by atoms with Crippen molar-refractivity contribution in [2.45, 2.75) is 39.8 Å². The fourth-order valence-electron chi connectivity index (χ4n) is 1.03. The van der Waals surface area contributed by atoms with Crippen LogP contribution in [0.2, 0.25) is 0 Å². The largest absolute Gasteiger partial charge is 1.00 e. The van der Waals surface area contributed by atoms with Crippen molar-refractivity contribution in [1.29, 1.82) is 0 Å². The SMILES string of the molecule is CC(C)[N-]CC[N-]C(C)C.CN(C)CCN(C)C.[Li+].[Li+]. The monoisotopic (exact) mass is 272 g/mol. The minimum atomic E-state index is 0. The van der Waals surface area contributed by atoms with Crippen molar-refractivity contribution in [3.05, 3.63) is 10.6 Å². The first-order valence-electron chi connectivity index (χ1n) is 6.88. The van der Waals surface area contributed by atoms with Crippen molar-refractivity contribution in [3.63, 3.8) is 0 Å². The van der Waals surface area contributed by atoms with Gasteiger partial charge in [0.05, 0.1) is 0 Å². The maximum atomic E-state index is 4.30. The van der Waals surface area contributed by atoms with Crippen molar-refractivity contribution in [2.24, 2.45) is 0 Å². The molecule has 0 aliphatic heterocycles. The van der Waals surface area contributed by atoms with Crippen LogP contribution in [0.25, 0.3) is 10.6 Å². The van der Waals surface area contributed by atoms with Crippen molar-refractivity contribution in [3.8, 4) is 0 Å². The molecule has 6 heteroatoms. The van der Waals surface area contributed by atoms with Gasteiger partial charge in [-0.15, -0.1) is 12.1 Å². The summed E-state index contributed by atoms with van der Waals surface area (Å²) in [5.74, 6) is 0. The normalized spacial score (nSPS) is 10.2. The standard InChI is InChI=1S/C8H18N2.C6H16N2.2Li/c1-7(2)9-5-6-10-8(3)4;1-7(2)5-6-8(3)4;;/h7-8H,5-6H2,1-4H3;5-6H2,1-4H3;;/q-2;;2*+1. The third kappa shape index (κ3) is 36.4. The molecule has 0 heterocycles. The van der Waals surface area contributed by atoms with E-state index in [1.54, 1.807) is 0 Å². The van der Waals surface area contributed by atoms with E-state index >= 15 is 0 Å². The summed E-state index contributed by atoms with van der Waals surface area (Å²) >= 11 is 0. The van der Waals surface area contributed by atoms with Crippen LogP contribution in [0.4, 0.5) is 0 Å². The Labute approximate surface area is 152 Å². The van der Waals surface area contributed by atoms with Gasteiger partial charge >= 0.3 is 37.7 Å². The van der Waals surface area contributed by atoms with Crippen LogP contribution in [0.1, 0.15) is 27.7 Å². The third-order valence-corrected chi connectivity index (χ3v) is 2.08. The molecule has 0 atom stereocenters. The molecule has 0 aromatic carbocycles. The topological polar surface area (TPSA) is 34.7 Å². The zero-order valence-electron chi connectivity index (χ0n) is 15.8. The van der Waals surface area contributed by atoms with Gasteiger partial charge in [0, 0.05) is 13.1 Å². The first-order chi connectivity index (χ1) is 8.25. The minimum absolute atomic E-state index is 0. The summed E-state index contributed by atoms with van der Waals surface area (Å²) in [7, 11) is 8.35. The number of likely N-dealkylation sites (N-methyl/N-ethyl adjacent to an activating group) is 2. The Balaban J connectivity index is -0.000000119. The average molecular weight is 272 g/mol. The van der Waals surface area contributed by atoms with Gasteiger partial charge in [0.15, 0.2) is 0 Å². The summed E-state index contributed by atoms with van der Waals surface area (Å²) in [5, 5.41) is 8.61. The number of hydrogen-bond acceptors (Lipinski definition) is 2. The first kappa shape index (κ1) is 29.1. The van der Waals surface area contributed by atoms with Gasteiger partial charge in [0.2, 0.25) is 0 Å². The number of rotatable bonds is 8. The van der Waals surface area contributed by atoms with Gasteiger partial charge in [-0.25, -0.2) is 0 Å². The van der Waals surface area contributed by atoms with Gasteiger partial charge in [0.1, 0.15) is 0 Å². The zero-order valence-corrected chi connectivity index (χ0v) is 15.8. The van der Waals surface area contributed by atoms with Gasteiger partial charge in [-0.2, -0.15) is 13.1 Å². The van der Waals surface area contributed by atoms with Crippen LogP contribution in [0.15, 0.2) is 0 Å². The quantitative estimate of drug-likeness (QED) is 0.342. The van der Waals surface area contributed by atoms with Gasteiger partial charge in [-0.1, -0.05) is 27.7 Å². The predicted octanol–water partition coefficient (Wildman–Crippen LogP) is -3.33. The molecule has 0 amide bonds. The van der Waals surface area contributed by atoms with Gasteiger partial charge in [-0.05, 0) is 28.2 Å². The van der Waals surface area contributed by atoms with Crippen LogP contribution in [-0.4, -0.2) is 76.3 Å². The van der Waals surface area contributed by atoms with E-state index < -0.39 is 0 Å². The number of nitrogens with zero attached hydrogens (tertiary/aromatic N) is 4. The Kier molecular flexibility index (Phi) is 29.1. The molecule has 0 N–H and O–H groups in total. The molecule has 0 aliphatic rings. The maximum absolute atomic E-state index is 4.30. The van der Waals surface area contributed by atoms with Crippen molar-refractivity contribution >= 4 is 0 Å². The minimum Gasteiger partial charge on any atom is -0.661 e. The summed E-state index contributed by atoms with van der Waals surface area (Å²) in [6.07, 6.45) is 0. The van der Waals surface area contributed by atoms with E-state index in [2.05, 4.69) is 76.3 Å². The fraction of sp³-hybridized carbons (Fsp3) is 1.00. The molecule has 0 bridgehead atoms. The molecule has 0 spiro atoms. The summed E-state index contributed by atoms with van der Waals surface area (Å²) in [5.41, 5.74) is 0. The summed E-state index contributed by atoms with van der Waals surface area (Å²) in [6.45, 7) is 12.4. The van der Waals surface area contributed by atoms with Gasteiger partial charge in [0.25, 0.3) is 0 Å². The molecule has 112 valence electrons. The molecular formula is C14H34Li2N4. The van der Waals surface area contributed by atoms with Crippen LogP contribution >= 0.6 is 0 Å². The second-order valence-corrected chi connectivity index (χ2v) is 5.61. The summed E-state index contributed by atoms with van der Waals surface area (Å²) in [4.78, 5) is 4.36. The Morgan fingerprint density at radius 3 is 1.05 bits per heavy atom. The Morgan fingerprint density at radius 2 is 0.900 bits per heavy atom. The van der Waals surface area contributed by atoms with Crippen molar-refractivity contribution in [2.75, 3.05) is 54.4 Å². The molecule has 4 nitrogen and oxygen atoms in total. The van der Waals surface area contributed by atoms with E-state index in [1.807, 2.05) is 0 Å². The Hall–Kier alpha value is 1.03. The molecule has 0 aromatic rings. The molecule has 0 unspecified atom stereocenters. The van der Waals surface area contributed by atoms with E-state index in [1.165, 1.54) is 0 Å². The van der Waals surface area contributed by atoms with Crippen LogP contribution in [0.5, 0.6) is 0 Å². The second-order valence-electron chi connectivity index (χ2n) is 5.61. The van der Waals surface area contributed by atoms with Crippen LogP contribution in [0, 0.1) is 0 Å².